The molecule has 0 aliphatic carbocycles. The van der Waals surface area contributed by atoms with Gasteiger partial charge in [-0.3, -0.25) is 14.2 Å². The Hall–Kier alpha value is -2.31. The molecule has 0 spiro atoms. The highest BCUT2D eigenvalue weighted by Crippen LogP contribution is 2.21. The van der Waals surface area contributed by atoms with E-state index in [-0.39, 0.29) is 29.2 Å². The maximum Gasteiger partial charge on any atom is 0.262 e. The van der Waals surface area contributed by atoms with Gasteiger partial charge in [0.15, 0.2) is 5.16 Å². The van der Waals surface area contributed by atoms with Gasteiger partial charge in [0.2, 0.25) is 5.91 Å². The van der Waals surface area contributed by atoms with Gasteiger partial charge in [0.25, 0.3) is 5.56 Å². The van der Waals surface area contributed by atoms with Gasteiger partial charge in [-0.1, -0.05) is 67.5 Å². The van der Waals surface area contributed by atoms with E-state index in [9.17, 15) is 9.59 Å². The Labute approximate surface area is 179 Å². The van der Waals surface area contributed by atoms with Crippen LogP contribution in [-0.2, 0) is 11.3 Å². The molecule has 0 aliphatic rings. The Bertz CT molecular complexity index is 1070. The van der Waals surface area contributed by atoms with Crippen LogP contribution >= 0.6 is 23.4 Å². The lowest BCUT2D eigenvalue weighted by Crippen LogP contribution is -2.29. The van der Waals surface area contributed by atoms with Gasteiger partial charge in [0.05, 0.1) is 22.7 Å². The number of nitrogens with zero attached hydrogens (tertiary/aromatic N) is 2. The van der Waals surface area contributed by atoms with Crippen LogP contribution in [-0.4, -0.2) is 21.2 Å². The Balaban J connectivity index is 1.81. The number of hydrogen-bond donors (Lipinski definition) is 1. The molecular weight excluding hydrogens is 406 g/mol. The molecule has 0 saturated carbocycles. The van der Waals surface area contributed by atoms with Crippen LogP contribution in [0.2, 0.25) is 5.02 Å². The molecule has 29 heavy (non-hydrogen) atoms. The molecule has 0 radical (unpaired) electrons. The minimum absolute atomic E-state index is 0.0921. The molecule has 1 N–H and O–H groups in total. The van der Waals surface area contributed by atoms with Crippen LogP contribution in [0.5, 0.6) is 0 Å². The third-order valence-electron chi connectivity index (χ3n) is 4.44. The van der Waals surface area contributed by atoms with Gasteiger partial charge in [0.1, 0.15) is 0 Å². The second kappa shape index (κ2) is 9.46. The predicted octanol–water partition coefficient (Wildman–Crippen LogP) is 4.68. The molecule has 5 nitrogen and oxygen atoms in total. The molecular formula is C22H24ClN3O2S. The molecule has 0 unspecified atom stereocenters. The number of rotatable bonds is 7. The van der Waals surface area contributed by atoms with E-state index in [1.54, 1.807) is 22.8 Å². The van der Waals surface area contributed by atoms with Crippen molar-refractivity contribution in [3.63, 3.8) is 0 Å². The first-order chi connectivity index (χ1) is 13.8. The number of aromatic nitrogens is 2. The standard InChI is InChI=1S/C22H24ClN3O2S/c1-14(2)12-26-21(28)18-10-9-17(23)11-19(18)25-22(26)29-13-20(27)24-15(3)16-7-5-4-6-8-16/h4-11,14-15H,12-13H2,1-3H3,(H,24,27)/t15-/m0/s1. The number of nitrogens with one attached hydrogen (secondary N) is 1. The molecule has 1 atom stereocenters. The van der Waals surface area contributed by atoms with E-state index in [0.29, 0.717) is 27.6 Å². The first-order valence-electron chi connectivity index (χ1n) is 9.52. The third-order valence-corrected chi connectivity index (χ3v) is 5.65. The molecule has 152 valence electrons. The van der Waals surface area contributed by atoms with Gasteiger partial charge in [-0.05, 0) is 36.6 Å². The van der Waals surface area contributed by atoms with Gasteiger partial charge < -0.3 is 5.32 Å². The average molecular weight is 430 g/mol. The van der Waals surface area contributed by atoms with Crippen molar-refractivity contribution in [2.24, 2.45) is 5.92 Å². The zero-order valence-electron chi connectivity index (χ0n) is 16.7. The molecule has 0 aliphatic heterocycles. The normalized spacial score (nSPS) is 12.3. The first-order valence-corrected chi connectivity index (χ1v) is 10.9. The highest BCUT2D eigenvalue weighted by atomic mass is 35.5. The highest BCUT2D eigenvalue weighted by molar-refractivity contribution is 7.99. The smallest absolute Gasteiger partial charge is 0.262 e. The maximum atomic E-state index is 13.0. The number of carbonyl (C=O) groups excluding carboxylic acids is 1. The van der Waals surface area contributed by atoms with Crippen LogP contribution in [0.1, 0.15) is 32.4 Å². The number of fused-ring (bicyclic) bond motifs is 1. The summed E-state index contributed by atoms with van der Waals surface area (Å²) in [5.41, 5.74) is 1.48. The van der Waals surface area contributed by atoms with Gasteiger partial charge in [-0.15, -0.1) is 0 Å². The molecule has 1 aromatic heterocycles. The second-order valence-corrected chi connectivity index (χ2v) is 8.73. The zero-order valence-corrected chi connectivity index (χ0v) is 18.3. The van der Waals surface area contributed by atoms with Gasteiger partial charge >= 0.3 is 0 Å². The fourth-order valence-corrected chi connectivity index (χ4v) is 4.03. The van der Waals surface area contributed by atoms with E-state index in [0.717, 1.165) is 5.56 Å². The minimum Gasteiger partial charge on any atom is -0.349 e. The SMILES string of the molecule is CC(C)Cn1c(SCC(=O)N[C@@H](C)c2ccccc2)nc2cc(Cl)ccc2c1=O. The van der Waals surface area contributed by atoms with E-state index >= 15 is 0 Å². The molecule has 0 fully saturated rings. The quantitative estimate of drug-likeness (QED) is 0.437. The highest BCUT2D eigenvalue weighted by Gasteiger charge is 2.16. The lowest BCUT2D eigenvalue weighted by atomic mass is 10.1. The largest absolute Gasteiger partial charge is 0.349 e. The predicted molar refractivity (Wildman–Crippen MR) is 120 cm³/mol. The van der Waals surface area contributed by atoms with E-state index in [1.807, 2.05) is 51.1 Å². The van der Waals surface area contributed by atoms with Gasteiger partial charge in [-0.25, -0.2) is 4.98 Å². The minimum atomic E-state index is -0.110. The lowest BCUT2D eigenvalue weighted by Gasteiger charge is -2.16. The Morgan fingerprint density at radius 1 is 1.17 bits per heavy atom. The zero-order chi connectivity index (χ0) is 21.0. The molecule has 2 aromatic carbocycles. The number of amides is 1. The molecule has 1 heterocycles. The van der Waals surface area contributed by atoms with Crippen molar-refractivity contribution >= 4 is 40.2 Å². The molecule has 7 heteroatoms. The fourth-order valence-electron chi connectivity index (χ4n) is 3.05. The Kier molecular flexibility index (Phi) is 6.98. The number of halogens is 1. The Morgan fingerprint density at radius 3 is 2.59 bits per heavy atom. The lowest BCUT2D eigenvalue weighted by molar-refractivity contribution is -0.119. The monoisotopic (exact) mass is 429 g/mol. The summed E-state index contributed by atoms with van der Waals surface area (Å²) in [6, 6.07) is 14.8. The van der Waals surface area contributed by atoms with Crippen molar-refractivity contribution in [3.05, 3.63) is 69.5 Å². The van der Waals surface area contributed by atoms with Crippen LogP contribution in [0.15, 0.2) is 58.5 Å². The van der Waals surface area contributed by atoms with E-state index in [1.165, 1.54) is 11.8 Å². The van der Waals surface area contributed by atoms with Gasteiger partial charge in [0, 0.05) is 11.6 Å². The van der Waals surface area contributed by atoms with Crippen LogP contribution in [0.4, 0.5) is 0 Å². The topological polar surface area (TPSA) is 64.0 Å². The maximum absolute atomic E-state index is 13.0. The van der Waals surface area contributed by atoms with Crippen molar-refractivity contribution in [1.82, 2.24) is 14.9 Å². The van der Waals surface area contributed by atoms with E-state index < -0.39 is 0 Å². The summed E-state index contributed by atoms with van der Waals surface area (Å²) in [6.45, 7) is 6.57. The fraction of sp³-hybridized carbons (Fsp3) is 0.318. The molecule has 0 bridgehead atoms. The summed E-state index contributed by atoms with van der Waals surface area (Å²) in [6.07, 6.45) is 0. The van der Waals surface area contributed by atoms with Crippen LogP contribution < -0.4 is 10.9 Å². The third kappa shape index (κ3) is 5.40. The summed E-state index contributed by atoms with van der Waals surface area (Å²) >= 11 is 7.34. The number of thioether (sulfide) groups is 1. The van der Waals surface area contributed by atoms with Gasteiger partial charge in [-0.2, -0.15) is 0 Å². The first kappa shape index (κ1) is 21.4. The number of benzene rings is 2. The van der Waals surface area contributed by atoms with E-state index in [4.69, 9.17) is 11.6 Å². The average Bonchev–Trinajstić information content (AvgIpc) is 2.69. The number of carbonyl (C=O) groups is 1. The molecule has 1 amide bonds. The Morgan fingerprint density at radius 2 is 1.90 bits per heavy atom. The molecule has 3 aromatic rings. The van der Waals surface area contributed by atoms with Crippen LogP contribution in [0.3, 0.4) is 0 Å². The number of hydrogen-bond acceptors (Lipinski definition) is 4. The van der Waals surface area contributed by atoms with Crippen molar-refractivity contribution < 1.29 is 4.79 Å². The molecule has 0 saturated heterocycles. The van der Waals surface area contributed by atoms with Crippen molar-refractivity contribution in [2.45, 2.75) is 38.5 Å². The second-order valence-electron chi connectivity index (χ2n) is 7.35. The van der Waals surface area contributed by atoms with Crippen LogP contribution in [0.25, 0.3) is 10.9 Å². The van der Waals surface area contributed by atoms with Crippen molar-refractivity contribution in [2.75, 3.05) is 5.75 Å². The summed E-state index contributed by atoms with van der Waals surface area (Å²) in [7, 11) is 0. The molecule has 3 rings (SSSR count). The summed E-state index contributed by atoms with van der Waals surface area (Å²) in [5, 5.41) is 4.57. The van der Waals surface area contributed by atoms with E-state index in [2.05, 4.69) is 10.3 Å². The summed E-state index contributed by atoms with van der Waals surface area (Å²) < 4.78 is 1.65. The van der Waals surface area contributed by atoms with Crippen molar-refractivity contribution in [3.8, 4) is 0 Å². The summed E-state index contributed by atoms with van der Waals surface area (Å²) in [4.78, 5) is 30.1. The van der Waals surface area contributed by atoms with Crippen LogP contribution in [0, 0.1) is 5.92 Å². The summed E-state index contributed by atoms with van der Waals surface area (Å²) in [5.74, 6) is 0.335. The van der Waals surface area contributed by atoms with Crippen molar-refractivity contribution in [1.29, 1.82) is 0 Å².